The lowest BCUT2D eigenvalue weighted by molar-refractivity contribution is 0.729. The first-order chi connectivity index (χ1) is 9.24. The number of hydrogen-bond acceptors (Lipinski definition) is 3. The van der Waals surface area contributed by atoms with Gasteiger partial charge >= 0.3 is 0 Å². The summed E-state index contributed by atoms with van der Waals surface area (Å²) in [4.78, 5) is 4.79. The predicted molar refractivity (Wildman–Crippen MR) is 84.9 cm³/mol. The molecule has 3 N–H and O–H groups in total. The molecule has 0 saturated heterocycles. The Balaban J connectivity index is 1.89. The first-order valence-corrected chi connectivity index (χ1v) is 8.03. The Labute approximate surface area is 121 Å². The van der Waals surface area contributed by atoms with E-state index >= 15 is 0 Å². The van der Waals surface area contributed by atoms with Gasteiger partial charge in [-0.2, -0.15) is 0 Å². The van der Waals surface area contributed by atoms with Gasteiger partial charge in [-0.15, -0.1) is 11.3 Å². The van der Waals surface area contributed by atoms with Crippen LogP contribution in [-0.4, -0.2) is 11.0 Å². The summed E-state index contributed by atoms with van der Waals surface area (Å²) in [7, 11) is 0. The van der Waals surface area contributed by atoms with Crippen LogP contribution in [0.5, 0.6) is 0 Å². The number of benzene rings is 1. The van der Waals surface area contributed by atoms with Crippen LogP contribution in [0.3, 0.4) is 0 Å². The number of fused-ring (bicyclic) bond motifs is 1. The Kier molecular flexibility index (Phi) is 3.64. The summed E-state index contributed by atoms with van der Waals surface area (Å²) in [6.45, 7) is 2.07. The van der Waals surface area contributed by atoms with Crippen molar-refractivity contribution >= 4 is 34.0 Å². The highest BCUT2D eigenvalue weighted by molar-refractivity contribution is 7.99. The number of rotatable bonds is 4. The minimum absolute atomic E-state index is 0.120. The molecule has 4 heteroatoms. The molecule has 0 amide bonds. The van der Waals surface area contributed by atoms with Crippen LogP contribution in [0.4, 0.5) is 0 Å². The van der Waals surface area contributed by atoms with Crippen molar-refractivity contribution < 1.29 is 0 Å². The number of thiophene rings is 1. The van der Waals surface area contributed by atoms with Crippen LogP contribution < -0.4 is 5.73 Å². The molecule has 3 rings (SSSR count). The number of H-pyrrole nitrogens is 1. The zero-order valence-corrected chi connectivity index (χ0v) is 12.3. The number of aromatic nitrogens is 1. The number of para-hydroxylation sites is 1. The fourth-order valence-corrected chi connectivity index (χ4v) is 4.30. The normalized spacial score (nSPS) is 14.6. The molecule has 0 radical (unpaired) electrons. The minimum atomic E-state index is 0.120. The van der Waals surface area contributed by atoms with Crippen LogP contribution in [-0.2, 0) is 0 Å². The van der Waals surface area contributed by atoms with Gasteiger partial charge in [0.25, 0.3) is 0 Å². The average molecular weight is 288 g/mol. The number of hydrogen-bond donors (Lipinski definition) is 2. The van der Waals surface area contributed by atoms with Gasteiger partial charge in [0.1, 0.15) is 0 Å². The standard InChI is InChI=1S/C15H16N2S2/c1-10(16)15(13-7-4-8-18-13)19-14-9-11-5-2-3-6-12(11)17-14/h2-10,15,17H,16H2,1H3. The molecule has 0 bridgehead atoms. The molecule has 0 aliphatic heterocycles. The molecule has 2 heterocycles. The Bertz CT molecular complexity index is 623. The smallest absolute Gasteiger partial charge is 0.0739 e. The highest BCUT2D eigenvalue weighted by Crippen LogP contribution is 2.39. The van der Waals surface area contributed by atoms with Gasteiger partial charge in [-0.25, -0.2) is 0 Å². The van der Waals surface area contributed by atoms with Crippen LogP contribution in [0.15, 0.2) is 52.9 Å². The summed E-state index contributed by atoms with van der Waals surface area (Å²) in [5.41, 5.74) is 7.32. The molecule has 2 nitrogen and oxygen atoms in total. The molecular formula is C15H16N2S2. The predicted octanol–water partition coefficient (Wildman–Crippen LogP) is 4.41. The maximum Gasteiger partial charge on any atom is 0.0739 e. The monoisotopic (exact) mass is 288 g/mol. The molecule has 2 atom stereocenters. The van der Waals surface area contributed by atoms with E-state index < -0.39 is 0 Å². The third-order valence-corrected chi connectivity index (χ3v) is 5.58. The molecule has 0 fully saturated rings. The Morgan fingerprint density at radius 1 is 1.21 bits per heavy atom. The first-order valence-electron chi connectivity index (χ1n) is 6.27. The van der Waals surface area contributed by atoms with Crippen molar-refractivity contribution in [1.29, 1.82) is 0 Å². The van der Waals surface area contributed by atoms with Crippen LogP contribution >= 0.6 is 23.1 Å². The molecule has 0 spiro atoms. The van der Waals surface area contributed by atoms with Crippen LogP contribution in [0.1, 0.15) is 17.1 Å². The van der Waals surface area contributed by atoms with Crippen molar-refractivity contribution in [2.45, 2.75) is 23.2 Å². The van der Waals surface area contributed by atoms with Crippen molar-refractivity contribution in [3.63, 3.8) is 0 Å². The second-order valence-corrected chi connectivity index (χ2v) is 6.80. The lowest BCUT2D eigenvalue weighted by atomic mass is 10.2. The van der Waals surface area contributed by atoms with Gasteiger partial charge < -0.3 is 10.7 Å². The zero-order valence-electron chi connectivity index (χ0n) is 10.7. The van der Waals surface area contributed by atoms with Gasteiger partial charge in [0.05, 0.1) is 10.3 Å². The number of nitrogens with two attached hydrogens (primary N) is 1. The van der Waals surface area contributed by atoms with Crippen molar-refractivity contribution in [3.05, 3.63) is 52.7 Å². The maximum absolute atomic E-state index is 6.14. The second kappa shape index (κ2) is 5.41. The number of nitrogens with one attached hydrogen (secondary N) is 1. The van der Waals surface area contributed by atoms with Gasteiger partial charge in [0.15, 0.2) is 0 Å². The second-order valence-electron chi connectivity index (χ2n) is 4.63. The fourth-order valence-electron chi connectivity index (χ4n) is 2.12. The summed E-state index contributed by atoms with van der Waals surface area (Å²) in [6.07, 6.45) is 0. The molecule has 98 valence electrons. The van der Waals surface area contributed by atoms with Crippen LogP contribution in [0, 0.1) is 0 Å². The molecule has 19 heavy (non-hydrogen) atoms. The summed E-state index contributed by atoms with van der Waals surface area (Å²) >= 11 is 3.58. The molecular weight excluding hydrogens is 272 g/mol. The van der Waals surface area contributed by atoms with E-state index in [0.717, 1.165) is 0 Å². The van der Waals surface area contributed by atoms with Crippen LogP contribution in [0.25, 0.3) is 10.9 Å². The summed E-state index contributed by atoms with van der Waals surface area (Å²) < 4.78 is 0. The third kappa shape index (κ3) is 2.71. The quantitative estimate of drug-likeness (QED) is 0.698. The van der Waals surface area contributed by atoms with Crippen molar-refractivity contribution in [2.24, 2.45) is 5.73 Å². The SMILES string of the molecule is CC(N)C(Sc1cc2ccccc2[nH]1)c1cccs1. The lowest BCUT2D eigenvalue weighted by Crippen LogP contribution is -2.21. The third-order valence-electron chi connectivity index (χ3n) is 3.06. The van der Waals surface area contributed by atoms with E-state index in [2.05, 4.69) is 59.8 Å². The van der Waals surface area contributed by atoms with Crippen molar-refractivity contribution in [2.75, 3.05) is 0 Å². The molecule has 2 unspecified atom stereocenters. The molecule has 0 saturated carbocycles. The largest absolute Gasteiger partial charge is 0.350 e. The highest BCUT2D eigenvalue weighted by atomic mass is 32.2. The van der Waals surface area contributed by atoms with Gasteiger partial charge in [0, 0.05) is 21.8 Å². The van der Waals surface area contributed by atoms with Crippen molar-refractivity contribution in [3.8, 4) is 0 Å². The highest BCUT2D eigenvalue weighted by Gasteiger charge is 2.19. The van der Waals surface area contributed by atoms with E-state index in [0.29, 0.717) is 5.25 Å². The van der Waals surface area contributed by atoms with E-state index in [1.54, 1.807) is 11.3 Å². The Hall–Kier alpha value is -1.23. The topological polar surface area (TPSA) is 41.8 Å². The van der Waals surface area contributed by atoms with E-state index in [4.69, 9.17) is 5.73 Å². The van der Waals surface area contributed by atoms with Gasteiger partial charge in [0.2, 0.25) is 0 Å². The Morgan fingerprint density at radius 2 is 2.05 bits per heavy atom. The van der Waals surface area contributed by atoms with E-state index in [1.165, 1.54) is 20.8 Å². The molecule has 3 aromatic rings. The maximum atomic E-state index is 6.14. The minimum Gasteiger partial charge on any atom is -0.350 e. The van der Waals surface area contributed by atoms with Gasteiger partial charge in [-0.1, -0.05) is 36.0 Å². The lowest BCUT2D eigenvalue weighted by Gasteiger charge is -2.17. The number of aromatic amines is 1. The first kappa shape index (κ1) is 12.8. The molecule has 0 aliphatic rings. The molecule has 0 aliphatic carbocycles. The zero-order chi connectivity index (χ0) is 13.2. The van der Waals surface area contributed by atoms with E-state index in [9.17, 15) is 0 Å². The summed E-state index contributed by atoms with van der Waals surface area (Å²) in [5.74, 6) is 0. The van der Waals surface area contributed by atoms with E-state index in [-0.39, 0.29) is 6.04 Å². The van der Waals surface area contributed by atoms with Crippen LogP contribution in [0.2, 0.25) is 0 Å². The Morgan fingerprint density at radius 3 is 2.74 bits per heavy atom. The summed E-state index contributed by atoms with van der Waals surface area (Å²) in [6, 6.07) is 14.9. The number of thioether (sulfide) groups is 1. The molecule has 2 aromatic heterocycles. The van der Waals surface area contributed by atoms with Gasteiger partial charge in [-0.05, 0) is 30.5 Å². The fraction of sp³-hybridized carbons (Fsp3) is 0.200. The molecule has 1 aromatic carbocycles. The summed E-state index contributed by atoms with van der Waals surface area (Å²) in [5, 5.41) is 4.83. The van der Waals surface area contributed by atoms with Crippen molar-refractivity contribution in [1.82, 2.24) is 4.98 Å². The average Bonchev–Trinajstić information content (AvgIpc) is 3.04. The van der Waals surface area contributed by atoms with Gasteiger partial charge in [-0.3, -0.25) is 0 Å². The van der Waals surface area contributed by atoms with E-state index in [1.807, 2.05) is 11.8 Å².